The molecule has 31 heavy (non-hydrogen) atoms. The normalized spacial score (nSPS) is 14.0. The van der Waals surface area contributed by atoms with Crippen molar-refractivity contribution in [1.82, 2.24) is 14.2 Å². The number of hydrogen-bond donors (Lipinski definition) is 1. The fourth-order valence-corrected chi connectivity index (χ4v) is 4.13. The predicted molar refractivity (Wildman–Crippen MR) is 117 cm³/mol. The molecule has 8 heteroatoms. The fourth-order valence-electron chi connectivity index (χ4n) is 4.13. The topological polar surface area (TPSA) is 86.9 Å². The minimum absolute atomic E-state index is 0.167. The van der Waals surface area contributed by atoms with Crippen LogP contribution < -0.4 is 20.3 Å². The number of nitrogens with zero attached hydrogens (tertiary/aromatic N) is 3. The molecule has 1 N–H and O–H groups in total. The maximum Gasteiger partial charge on any atom is 0.273 e. The van der Waals surface area contributed by atoms with Gasteiger partial charge in [0.1, 0.15) is 19.3 Å². The standard InChI is InChI=1S/C23H22N4O4/c1-3-17(23(29)24-15-8-9-19-20(13-15)31-11-10-30-19)27-18-7-5-4-6-16(18)22-25-21(28)12-14(2)26(22)27/h4-9,12-13,17H,3,10-11H2,1-2H3,(H,24,29). The van der Waals surface area contributed by atoms with Gasteiger partial charge in [0.05, 0.1) is 5.52 Å². The molecule has 0 spiro atoms. The van der Waals surface area contributed by atoms with Crippen LogP contribution in [0.2, 0.25) is 0 Å². The van der Waals surface area contributed by atoms with Gasteiger partial charge in [0.2, 0.25) is 5.91 Å². The highest BCUT2D eigenvalue weighted by Crippen LogP contribution is 2.33. The van der Waals surface area contributed by atoms with E-state index in [-0.39, 0.29) is 11.5 Å². The lowest BCUT2D eigenvalue weighted by Crippen LogP contribution is -2.29. The number of para-hydroxylation sites is 1. The fraction of sp³-hybridized carbons (Fsp3) is 0.261. The van der Waals surface area contributed by atoms with Crippen LogP contribution in [0.15, 0.2) is 53.3 Å². The summed E-state index contributed by atoms with van der Waals surface area (Å²) in [5.74, 6) is 1.12. The quantitative estimate of drug-likeness (QED) is 0.549. The molecule has 0 radical (unpaired) electrons. The number of ether oxygens (including phenoxy) is 2. The zero-order valence-electron chi connectivity index (χ0n) is 17.3. The summed E-state index contributed by atoms with van der Waals surface area (Å²) < 4.78 is 14.9. The summed E-state index contributed by atoms with van der Waals surface area (Å²) in [6.45, 7) is 4.80. The third kappa shape index (κ3) is 3.20. The number of fused-ring (bicyclic) bond motifs is 4. The van der Waals surface area contributed by atoms with Crippen LogP contribution in [0.25, 0.3) is 16.6 Å². The van der Waals surface area contributed by atoms with E-state index >= 15 is 0 Å². The van der Waals surface area contributed by atoms with E-state index in [1.165, 1.54) is 6.07 Å². The summed E-state index contributed by atoms with van der Waals surface area (Å²) in [7, 11) is 0. The first-order valence-corrected chi connectivity index (χ1v) is 10.3. The molecule has 158 valence electrons. The Morgan fingerprint density at radius 1 is 1.13 bits per heavy atom. The van der Waals surface area contributed by atoms with E-state index in [0.29, 0.717) is 42.5 Å². The minimum atomic E-state index is -0.515. The SMILES string of the molecule is CCC(C(=O)Nc1ccc2c(c1)OCCO2)n1c2ccccc2c2nc(=O)cc(C)n21. The van der Waals surface area contributed by atoms with Crippen molar-refractivity contribution >= 4 is 28.1 Å². The molecule has 8 nitrogen and oxygen atoms in total. The molecular weight excluding hydrogens is 396 g/mol. The lowest BCUT2D eigenvalue weighted by atomic mass is 10.2. The van der Waals surface area contributed by atoms with Crippen LogP contribution in [0.3, 0.4) is 0 Å². The minimum Gasteiger partial charge on any atom is -0.486 e. The number of hydrogen-bond acceptors (Lipinski definition) is 5. The van der Waals surface area contributed by atoms with Gasteiger partial charge < -0.3 is 14.8 Å². The van der Waals surface area contributed by atoms with E-state index in [2.05, 4.69) is 10.3 Å². The van der Waals surface area contributed by atoms with E-state index < -0.39 is 6.04 Å². The highest BCUT2D eigenvalue weighted by molar-refractivity contribution is 5.97. The molecule has 4 aromatic rings. The largest absolute Gasteiger partial charge is 0.486 e. The summed E-state index contributed by atoms with van der Waals surface area (Å²) in [6.07, 6.45) is 0.551. The number of anilines is 1. The Morgan fingerprint density at radius 3 is 2.71 bits per heavy atom. The third-order valence-electron chi connectivity index (χ3n) is 5.48. The number of aromatic nitrogens is 3. The summed E-state index contributed by atoms with van der Waals surface area (Å²) in [5.41, 5.74) is 2.44. The van der Waals surface area contributed by atoms with Crippen LogP contribution in [-0.4, -0.2) is 33.3 Å². The van der Waals surface area contributed by atoms with Crippen LogP contribution in [0.1, 0.15) is 25.1 Å². The van der Waals surface area contributed by atoms with Gasteiger partial charge in [0.15, 0.2) is 17.1 Å². The van der Waals surface area contributed by atoms with E-state index in [9.17, 15) is 9.59 Å². The lowest BCUT2D eigenvalue weighted by Gasteiger charge is -2.22. The second-order valence-corrected chi connectivity index (χ2v) is 7.50. The van der Waals surface area contributed by atoms with E-state index in [0.717, 1.165) is 16.6 Å². The van der Waals surface area contributed by atoms with Crippen molar-refractivity contribution in [3.05, 3.63) is 64.6 Å². The van der Waals surface area contributed by atoms with Crippen molar-refractivity contribution in [3.63, 3.8) is 0 Å². The monoisotopic (exact) mass is 418 g/mol. The summed E-state index contributed by atoms with van der Waals surface area (Å²) in [5, 5.41) is 3.83. The van der Waals surface area contributed by atoms with Gasteiger partial charge in [-0.3, -0.25) is 14.3 Å². The number of aryl methyl sites for hydroxylation is 1. The Hall–Kier alpha value is -3.81. The Labute approximate surface area is 178 Å². The second kappa shape index (κ2) is 7.46. The molecule has 2 aromatic carbocycles. The Balaban J connectivity index is 1.59. The predicted octanol–water partition coefficient (Wildman–Crippen LogP) is 3.32. The summed E-state index contributed by atoms with van der Waals surface area (Å²) in [4.78, 5) is 29.6. The lowest BCUT2D eigenvalue weighted by molar-refractivity contribution is -0.119. The number of nitrogens with one attached hydrogen (secondary N) is 1. The van der Waals surface area contributed by atoms with E-state index in [1.54, 1.807) is 18.2 Å². The van der Waals surface area contributed by atoms with E-state index in [1.807, 2.05) is 47.3 Å². The van der Waals surface area contributed by atoms with Gasteiger partial charge in [-0.25, -0.2) is 4.52 Å². The Kier molecular flexibility index (Phi) is 4.62. The molecule has 3 heterocycles. The molecule has 0 fully saturated rings. The number of rotatable bonds is 4. The smallest absolute Gasteiger partial charge is 0.273 e. The molecule has 1 atom stereocenters. The first-order chi connectivity index (χ1) is 15.1. The van der Waals surface area contributed by atoms with Crippen molar-refractivity contribution in [2.75, 3.05) is 18.5 Å². The van der Waals surface area contributed by atoms with Crippen LogP contribution in [0.4, 0.5) is 5.69 Å². The maximum absolute atomic E-state index is 13.4. The average molecular weight is 418 g/mol. The molecule has 0 aliphatic carbocycles. The average Bonchev–Trinajstić information content (AvgIpc) is 3.09. The number of carbonyl (C=O) groups is 1. The second-order valence-electron chi connectivity index (χ2n) is 7.50. The zero-order chi connectivity index (χ0) is 21.5. The van der Waals surface area contributed by atoms with Gasteiger partial charge in [-0.15, -0.1) is 0 Å². The van der Waals surface area contributed by atoms with Crippen molar-refractivity contribution in [2.45, 2.75) is 26.3 Å². The Morgan fingerprint density at radius 2 is 1.90 bits per heavy atom. The van der Waals surface area contributed by atoms with Gasteiger partial charge in [-0.1, -0.05) is 19.1 Å². The molecule has 1 unspecified atom stereocenters. The van der Waals surface area contributed by atoms with Crippen LogP contribution >= 0.6 is 0 Å². The number of carbonyl (C=O) groups excluding carboxylic acids is 1. The molecule has 1 amide bonds. The van der Waals surface area contributed by atoms with Gasteiger partial charge in [-0.2, -0.15) is 4.98 Å². The van der Waals surface area contributed by atoms with Crippen molar-refractivity contribution in [1.29, 1.82) is 0 Å². The molecule has 0 bridgehead atoms. The molecule has 1 aliphatic rings. The van der Waals surface area contributed by atoms with Crippen LogP contribution in [0.5, 0.6) is 11.5 Å². The summed E-state index contributed by atoms with van der Waals surface area (Å²) >= 11 is 0. The first-order valence-electron chi connectivity index (χ1n) is 10.3. The molecule has 0 saturated carbocycles. The summed E-state index contributed by atoms with van der Waals surface area (Å²) in [6, 6.07) is 14.0. The van der Waals surface area contributed by atoms with E-state index in [4.69, 9.17) is 9.47 Å². The van der Waals surface area contributed by atoms with Gasteiger partial charge >= 0.3 is 0 Å². The van der Waals surface area contributed by atoms with Crippen molar-refractivity contribution in [2.24, 2.45) is 0 Å². The molecular formula is C23H22N4O4. The highest BCUT2D eigenvalue weighted by Gasteiger charge is 2.25. The van der Waals surface area contributed by atoms with Gasteiger partial charge in [0, 0.05) is 28.9 Å². The van der Waals surface area contributed by atoms with Gasteiger partial charge in [-0.05, 0) is 37.6 Å². The van der Waals surface area contributed by atoms with Gasteiger partial charge in [0.25, 0.3) is 5.56 Å². The maximum atomic E-state index is 13.4. The first kappa shape index (κ1) is 19.2. The zero-order valence-corrected chi connectivity index (χ0v) is 17.3. The van der Waals surface area contributed by atoms with Crippen molar-refractivity contribution < 1.29 is 14.3 Å². The third-order valence-corrected chi connectivity index (χ3v) is 5.48. The molecule has 1 aliphatic heterocycles. The Bertz CT molecular complexity index is 1370. The molecule has 0 saturated heterocycles. The number of benzene rings is 2. The molecule has 2 aromatic heterocycles. The van der Waals surface area contributed by atoms with Crippen LogP contribution in [0, 0.1) is 6.92 Å². The highest BCUT2D eigenvalue weighted by atomic mass is 16.6. The molecule has 5 rings (SSSR count). The van der Waals surface area contributed by atoms with Crippen molar-refractivity contribution in [3.8, 4) is 11.5 Å². The van der Waals surface area contributed by atoms with Crippen LogP contribution in [-0.2, 0) is 4.79 Å². The number of amides is 1.